The SMILES string of the molecule is O=C1Cn2cccc2C2NCCCN12. The zero-order valence-electron chi connectivity index (χ0n) is 7.94. The first-order chi connectivity index (χ1) is 6.86. The van der Waals surface area contributed by atoms with Gasteiger partial charge in [-0.25, -0.2) is 0 Å². The van der Waals surface area contributed by atoms with Gasteiger partial charge in [-0.3, -0.25) is 10.1 Å². The van der Waals surface area contributed by atoms with Crippen LogP contribution in [0.4, 0.5) is 0 Å². The molecule has 2 aliphatic heterocycles. The topological polar surface area (TPSA) is 37.3 Å². The predicted octanol–water partition coefficient (Wildman–Crippen LogP) is 0.322. The van der Waals surface area contributed by atoms with Gasteiger partial charge in [0.2, 0.25) is 5.91 Å². The van der Waals surface area contributed by atoms with E-state index in [1.165, 1.54) is 5.69 Å². The number of carbonyl (C=O) groups is 1. The zero-order chi connectivity index (χ0) is 9.54. The monoisotopic (exact) mass is 191 g/mol. The largest absolute Gasteiger partial charge is 0.339 e. The highest BCUT2D eigenvalue weighted by atomic mass is 16.2. The standard InChI is InChI=1S/C10H13N3O/c14-9-7-12-5-1-3-8(12)10-11-4-2-6-13(9)10/h1,3,5,10-11H,2,4,6-7H2. The molecule has 1 unspecified atom stereocenters. The maximum atomic E-state index is 11.8. The van der Waals surface area contributed by atoms with Crippen LogP contribution in [0.1, 0.15) is 18.3 Å². The van der Waals surface area contributed by atoms with Crippen molar-refractivity contribution >= 4 is 5.91 Å². The highest BCUT2D eigenvalue weighted by molar-refractivity contribution is 5.77. The summed E-state index contributed by atoms with van der Waals surface area (Å²) in [5.74, 6) is 0.228. The van der Waals surface area contributed by atoms with Crippen molar-refractivity contribution in [1.29, 1.82) is 0 Å². The van der Waals surface area contributed by atoms with Crippen molar-refractivity contribution < 1.29 is 4.79 Å². The summed E-state index contributed by atoms with van der Waals surface area (Å²) < 4.78 is 2.03. The smallest absolute Gasteiger partial charge is 0.244 e. The van der Waals surface area contributed by atoms with Crippen LogP contribution in [0, 0.1) is 0 Å². The van der Waals surface area contributed by atoms with Gasteiger partial charge in [0.05, 0.1) is 5.69 Å². The molecule has 1 atom stereocenters. The molecule has 2 aliphatic rings. The van der Waals surface area contributed by atoms with E-state index < -0.39 is 0 Å². The Labute approximate surface area is 82.5 Å². The van der Waals surface area contributed by atoms with Gasteiger partial charge in [0.15, 0.2) is 0 Å². The average Bonchev–Trinajstić information content (AvgIpc) is 2.66. The van der Waals surface area contributed by atoms with Gasteiger partial charge in [-0.2, -0.15) is 0 Å². The fourth-order valence-electron chi connectivity index (χ4n) is 2.32. The molecular formula is C10H13N3O. The van der Waals surface area contributed by atoms with Crippen LogP contribution >= 0.6 is 0 Å². The van der Waals surface area contributed by atoms with Crippen LogP contribution in [0.25, 0.3) is 0 Å². The Kier molecular flexibility index (Phi) is 1.64. The number of nitrogens with one attached hydrogen (secondary N) is 1. The van der Waals surface area contributed by atoms with Crippen molar-refractivity contribution in [3.05, 3.63) is 24.0 Å². The van der Waals surface area contributed by atoms with Crippen molar-refractivity contribution in [3.63, 3.8) is 0 Å². The molecular weight excluding hydrogens is 178 g/mol. The van der Waals surface area contributed by atoms with Gasteiger partial charge in [-0.1, -0.05) is 0 Å². The lowest BCUT2D eigenvalue weighted by Crippen LogP contribution is -2.52. The van der Waals surface area contributed by atoms with Crippen LogP contribution in [0.2, 0.25) is 0 Å². The van der Waals surface area contributed by atoms with E-state index in [0.717, 1.165) is 19.5 Å². The van der Waals surface area contributed by atoms with Crippen molar-refractivity contribution in [2.45, 2.75) is 19.1 Å². The third-order valence-corrected chi connectivity index (χ3v) is 3.00. The van der Waals surface area contributed by atoms with E-state index in [-0.39, 0.29) is 12.1 Å². The third kappa shape index (κ3) is 1.00. The number of hydrogen-bond donors (Lipinski definition) is 1. The van der Waals surface area contributed by atoms with E-state index in [1.54, 1.807) is 0 Å². The zero-order valence-corrected chi connectivity index (χ0v) is 7.94. The van der Waals surface area contributed by atoms with Crippen LogP contribution in [0.5, 0.6) is 0 Å². The molecule has 74 valence electrons. The van der Waals surface area contributed by atoms with E-state index in [1.807, 2.05) is 21.7 Å². The lowest BCUT2D eigenvalue weighted by molar-refractivity contribution is -0.138. The molecule has 0 bridgehead atoms. The Morgan fingerprint density at radius 3 is 3.36 bits per heavy atom. The Bertz CT molecular complexity index is 371. The third-order valence-electron chi connectivity index (χ3n) is 3.00. The van der Waals surface area contributed by atoms with Crippen LogP contribution in [-0.4, -0.2) is 28.5 Å². The first-order valence-electron chi connectivity index (χ1n) is 5.04. The molecule has 0 saturated carbocycles. The molecule has 1 amide bonds. The predicted molar refractivity (Wildman–Crippen MR) is 51.5 cm³/mol. The maximum Gasteiger partial charge on any atom is 0.244 e. The Morgan fingerprint density at radius 1 is 1.50 bits per heavy atom. The molecule has 1 N–H and O–H groups in total. The molecule has 1 fully saturated rings. The normalized spacial score (nSPS) is 25.9. The molecule has 0 aromatic carbocycles. The molecule has 3 rings (SSSR count). The number of aromatic nitrogens is 1. The Morgan fingerprint density at radius 2 is 2.43 bits per heavy atom. The van der Waals surface area contributed by atoms with Crippen molar-refractivity contribution in [2.24, 2.45) is 0 Å². The van der Waals surface area contributed by atoms with E-state index in [9.17, 15) is 4.79 Å². The first kappa shape index (κ1) is 8.05. The first-order valence-corrected chi connectivity index (χ1v) is 5.04. The van der Waals surface area contributed by atoms with Crippen LogP contribution in [-0.2, 0) is 11.3 Å². The van der Waals surface area contributed by atoms with E-state index >= 15 is 0 Å². The molecule has 0 aliphatic carbocycles. The van der Waals surface area contributed by atoms with Gasteiger partial charge in [-0.05, 0) is 25.1 Å². The molecule has 0 radical (unpaired) electrons. The van der Waals surface area contributed by atoms with Crippen LogP contribution in [0.15, 0.2) is 18.3 Å². The molecule has 3 heterocycles. The van der Waals surface area contributed by atoms with Gasteiger partial charge in [-0.15, -0.1) is 0 Å². The highest BCUT2D eigenvalue weighted by Gasteiger charge is 2.33. The molecule has 1 aromatic rings. The Hall–Kier alpha value is -1.29. The number of hydrogen-bond acceptors (Lipinski definition) is 2. The number of nitrogens with zero attached hydrogens (tertiary/aromatic N) is 2. The summed E-state index contributed by atoms with van der Waals surface area (Å²) in [6.07, 6.45) is 3.14. The lowest BCUT2D eigenvalue weighted by Gasteiger charge is -2.40. The molecule has 1 aromatic heterocycles. The Balaban J connectivity index is 2.04. The van der Waals surface area contributed by atoms with Gasteiger partial charge in [0.25, 0.3) is 0 Å². The summed E-state index contributed by atoms with van der Waals surface area (Å²) in [4.78, 5) is 13.7. The number of rotatable bonds is 0. The van der Waals surface area contributed by atoms with Gasteiger partial charge in [0, 0.05) is 12.7 Å². The molecule has 4 heteroatoms. The van der Waals surface area contributed by atoms with Gasteiger partial charge in [0.1, 0.15) is 12.7 Å². The van der Waals surface area contributed by atoms with Gasteiger partial charge >= 0.3 is 0 Å². The summed E-state index contributed by atoms with van der Waals surface area (Å²) in [5.41, 5.74) is 1.21. The van der Waals surface area contributed by atoms with Crippen molar-refractivity contribution in [2.75, 3.05) is 13.1 Å². The molecule has 4 nitrogen and oxygen atoms in total. The fourth-order valence-corrected chi connectivity index (χ4v) is 2.32. The maximum absolute atomic E-state index is 11.8. The summed E-state index contributed by atoms with van der Waals surface area (Å²) in [6.45, 7) is 2.39. The van der Waals surface area contributed by atoms with Crippen LogP contribution < -0.4 is 5.32 Å². The minimum absolute atomic E-state index is 0.111. The highest BCUT2D eigenvalue weighted by Crippen LogP contribution is 2.26. The van der Waals surface area contributed by atoms with Gasteiger partial charge < -0.3 is 9.47 Å². The summed E-state index contributed by atoms with van der Waals surface area (Å²) in [7, 11) is 0. The average molecular weight is 191 g/mol. The molecule has 0 spiro atoms. The number of amides is 1. The number of carbonyl (C=O) groups excluding carboxylic acids is 1. The van der Waals surface area contributed by atoms with Crippen molar-refractivity contribution in [3.8, 4) is 0 Å². The molecule has 1 saturated heterocycles. The van der Waals surface area contributed by atoms with Crippen molar-refractivity contribution in [1.82, 2.24) is 14.8 Å². The second-order valence-corrected chi connectivity index (χ2v) is 3.86. The van der Waals surface area contributed by atoms with Crippen LogP contribution in [0.3, 0.4) is 0 Å². The fraction of sp³-hybridized carbons (Fsp3) is 0.500. The second kappa shape index (κ2) is 2.85. The number of fused-ring (bicyclic) bond motifs is 3. The van der Waals surface area contributed by atoms with E-state index in [4.69, 9.17) is 0 Å². The molecule has 14 heavy (non-hydrogen) atoms. The minimum Gasteiger partial charge on any atom is -0.339 e. The van der Waals surface area contributed by atoms with E-state index in [0.29, 0.717) is 6.54 Å². The summed E-state index contributed by atoms with van der Waals surface area (Å²) in [6, 6.07) is 4.09. The quantitative estimate of drug-likeness (QED) is 0.641. The lowest BCUT2D eigenvalue weighted by atomic mass is 10.1. The van der Waals surface area contributed by atoms with E-state index in [2.05, 4.69) is 11.4 Å². The summed E-state index contributed by atoms with van der Waals surface area (Å²) in [5, 5.41) is 3.38. The second-order valence-electron chi connectivity index (χ2n) is 3.86. The minimum atomic E-state index is 0.111. The summed E-state index contributed by atoms with van der Waals surface area (Å²) >= 11 is 0.